The lowest BCUT2D eigenvalue weighted by atomic mass is 9.90. The normalized spacial score (nSPS) is 10.8. The first-order valence-electron chi connectivity index (χ1n) is 8.53. The van der Waals surface area contributed by atoms with Gasteiger partial charge < -0.3 is 14.9 Å². The van der Waals surface area contributed by atoms with Crippen LogP contribution in [0.2, 0.25) is 5.02 Å². The molecule has 0 saturated carbocycles. The fourth-order valence-electron chi connectivity index (χ4n) is 3.11. The maximum absolute atomic E-state index is 11.7. The molecule has 0 amide bonds. The monoisotopic (exact) mass is 460 g/mol. The van der Waals surface area contributed by atoms with Gasteiger partial charge in [-0.3, -0.25) is 4.79 Å². The Kier molecular flexibility index (Phi) is 6.39. The van der Waals surface area contributed by atoms with Gasteiger partial charge in [-0.15, -0.1) is 0 Å². The minimum absolute atomic E-state index is 0.00742. The Morgan fingerprint density at radius 3 is 2.43 bits per heavy atom. The van der Waals surface area contributed by atoms with Crippen molar-refractivity contribution in [1.82, 2.24) is 0 Å². The summed E-state index contributed by atoms with van der Waals surface area (Å²) in [6.45, 7) is 2.11. The highest BCUT2D eigenvalue weighted by Crippen LogP contribution is 2.44. The van der Waals surface area contributed by atoms with E-state index in [9.17, 15) is 15.0 Å². The number of carbonyl (C=O) groups is 1. The summed E-state index contributed by atoms with van der Waals surface area (Å²) in [5.74, 6) is -0.773. The van der Waals surface area contributed by atoms with Crippen LogP contribution >= 0.6 is 27.5 Å². The predicted molar refractivity (Wildman–Crippen MR) is 113 cm³/mol. The van der Waals surface area contributed by atoms with Crippen molar-refractivity contribution >= 4 is 33.8 Å². The number of hydrogen-bond acceptors (Lipinski definition) is 4. The maximum Gasteiger partial charge on any atom is 0.168 e. The summed E-state index contributed by atoms with van der Waals surface area (Å²) in [4.78, 5) is 11.7. The molecule has 0 saturated heterocycles. The van der Waals surface area contributed by atoms with E-state index in [2.05, 4.69) is 15.9 Å². The molecule has 2 N–H and O–H groups in total. The lowest BCUT2D eigenvalue weighted by molar-refractivity contribution is 0.103. The summed E-state index contributed by atoms with van der Waals surface area (Å²) in [5, 5.41) is 21.2. The summed E-state index contributed by atoms with van der Waals surface area (Å²) in [7, 11) is 0. The molecular weight excluding hydrogens is 444 g/mol. The molecule has 4 nitrogen and oxygen atoms in total. The van der Waals surface area contributed by atoms with Crippen LogP contribution in [0.4, 0.5) is 0 Å². The van der Waals surface area contributed by atoms with Gasteiger partial charge in [0.25, 0.3) is 0 Å². The van der Waals surface area contributed by atoms with Crippen LogP contribution in [0, 0.1) is 6.92 Å². The van der Waals surface area contributed by atoms with Gasteiger partial charge in [0.2, 0.25) is 0 Å². The lowest BCUT2D eigenvalue weighted by Crippen LogP contribution is -2.04. The standard InChI is InChI=1S/C22H18BrClO4/c1-13-20(16-8-7-15(24)9-19(16)23)18(17(10-25)22(27)21(13)26)12-28-11-14-5-3-2-4-6-14/h2-10,26-27H,11-12H2,1H3. The van der Waals surface area contributed by atoms with E-state index in [-0.39, 0.29) is 17.9 Å². The van der Waals surface area contributed by atoms with Gasteiger partial charge in [-0.05, 0) is 35.7 Å². The molecule has 0 aliphatic carbocycles. The van der Waals surface area contributed by atoms with Crippen LogP contribution < -0.4 is 0 Å². The third-order valence-electron chi connectivity index (χ3n) is 4.51. The van der Waals surface area contributed by atoms with Crippen molar-refractivity contribution in [3.8, 4) is 22.6 Å². The molecule has 0 atom stereocenters. The number of aromatic hydroxyl groups is 2. The van der Waals surface area contributed by atoms with Crippen LogP contribution in [0.5, 0.6) is 11.5 Å². The molecule has 3 rings (SSSR count). The first-order chi connectivity index (χ1) is 13.4. The van der Waals surface area contributed by atoms with Crippen molar-refractivity contribution in [2.45, 2.75) is 20.1 Å². The van der Waals surface area contributed by atoms with Crippen molar-refractivity contribution in [2.24, 2.45) is 0 Å². The molecule has 3 aromatic rings. The molecular formula is C22H18BrClO4. The van der Waals surface area contributed by atoms with Gasteiger partial charge in [-0.25, -0.2) is 0 Å². The maximum atomic E-state index is 11.7. The summed E-state index contributed by atoms with van der Waals surface area (Å²) in [5.41, 5.74) is 3.30. The fraction of sp³-hybridized carbons (Fsp3) is 0.136. The van der Waals surface area contributed by atoms with Crippen LogP contribution in [0.1, 0.15) is 27.0 Å². The second-order valence-electron chi connectivity index (χ2n) is 6.31. The van der Waals surface area contributed by atoms with E-state index in [1.54, 1.807) is 25.1 Å². The SMILES string of the molecule is Cc1c(O)c(O)c(C=O)c(COCc2ccccc2)c1-c1ccc(Cl)cc1Br. The molecule has 0 aromatic heterocycles. The first-order valence-corrected chi connectivity index (χ1v) is 9.70. The molecule has 0 bridgehead atoms. The molecule has 3 aromatic carbocycles. The van der Waals surface area contributed by atoms with Crippen LogP contribution in [-0.2, 0) is 18.0 Å². The molecule has 144 valence electrons. The third-order valence-corrected chi connectivity index (χ3v) is 5.40. The van der Waals surface area contributed by atoms with Crippen molar-refractivity contribution in [1.29, 1.82) is 0 Å². The van der Waals surface area contributed by atoms with Crippen molar-refractivity contribution in [3.63, 3.8) is 0 Å². The smallest absolute Gasteiger partial charge is 0.168 e. The molecule has 0 unspecified atom stereocenters. The molecule has 0 aliphatic heterocycles. The third kappa shape index (κ3) is 4.07. The average Bonchev–Trinajstić information content (AvgIpc) is 2.68. The predicted octanol–water partition coefficient (Wildman–Crippen LogP) is 6.02. The van der Waals surface area contributed by atoms with Crippen LogP contribution in [-0.4, -0.2) is 16.5 Å². The van der Waals surface area contributed by atoms with E-state index in [0.717, 1.165) is 11.1 Å². The molecule has 0 heterocycles. The number of aldehydes is 1. The Hall–Kier alpha value is -2.34. The summed E-state index contributed by atoms with van der Waals surface area (Å²) in [6, 6.07) is 14.9. The minimum Gasteiger partial charge on any atom is -0.504 e. The number of hydrogen-bond donors (Lipinski definition) is 2. The van der Waals surface area contributed by atoms with Gasteiger partial charge in [-0.2, -0.15) is 0 Å². The number of phenolic OH excluding ortho intramolecular Hbond substituents is 2. The summed E-state index contributed by atoms with van der Waals surface area (Å²) < 4.78 is 6.53. The van der Waals surface area contributed by atoms with Crippen LogP contribution in [0.3, 0.4) is 0 Å². The molecule has 0 aliphatic rings. The van der Waals surface area contributed by atoms with E-state index in [1.807, 2.05) is 30.3 Å². The number of phenols is 2. The quantitative estimate of drug-likeness (QED) is 0.348. The zero-order valence-electron chi connectivity index (χ0n) is 15.1. The molecule has 0 radical (unpaired) electrons. The average molecular weight is 462 g/mol. The Labute approximate surface area is 176 Å². The zero-order valence-corrected chi connectivity index (χ0v) is 17.4. The highest BCUT2D eigenvalue weighted by Gasteiger charge is 2.23. The van der Waals surface area contributed by atoms with Gasteiger partial charge in [0, 0.05) is 20.6 Å². The molecule has 28 heavy (non-hydrogen) atoms. The zero-order chi connectivity index (χ0) is 20.3. The Morgan fingerprint density at radius 1 is 1.07 bits per heavy atom. The Morgan fingerprint density at radius 2 is 1.79 bits per heavy atom. The first kappa shape index (κ1) is 20.4. The number of ether oxygens (including phenoxy) is 1. The van der Waals surface area contributed by atoms with E-state index < -0.39 is 5.75 Å². The van der Waals surface area contributed by atoms with Gasteiger partial charge in [-0.1, -0.05) is 63.9 Å². The van der Waals surface area contributed by atoms with Crippen LogP contribution in [0.15, 0.2) is 53.0 Å². The lowest BCUT2D eigenvalue weighted by Gasteiger charge is -2.19. The second-order valence-corrected chi connectivity index (χ2v) is 7.60. The number of rotatable bonds is 6. The van der Waals surface area contributed by atoms with Crippen LogP contribution in [0.25, 0.3) is 11.1 Å². The van der Waals surface area contributed by atoms with E-state index in [1.165, 1.54) is 0 Å². The van der Waals surface area contributed by atoms with E-state index in [0.29, 0.717) is 39.1 Å². The van der Waals surface area contributed by atoms with Gasteiger partial charge in [0.1, 0.15) is 0 Å². The van der Waals surface area contributed by atoms with Gasteiger partial charge >= 0.3 is 0 Å². The Balaban J connectivity index is 2.09. The fourth-order valence-corrected chi connectivity index (χ4v) is 3.99. The molecule has 6 heteroatoms. The van der Waals surface area contributed by atoms with Crippen molar-refractivity contribution in [3.05, 3.63) is 80.3 Å². The minimum atomic E-state index is -0.445. The molecule has 0 fully saturated rings. The van der Waals surface area contributed by atoms with Crippen molar-refractivity contribution < 1.29 is 19.7 Å². The van der Waals surface area contributed by atoms with E-state index >= 15 is 0 Å². The Bertz CT molecular complexity index is 1020. The summed E-state index contributed by atoms with van der Waals surface area (Å²) >= 11 is 9.54. The van der Waals surface area contributed by atoms with E-state index in [4.69, 9.17) is 16.3 Å². The highest BCUT2D eigenvalue weighted by atomic mass is 79.9. The van der Waals surface area contributed by atoms with Crippen molar-refractivity contribution in [2.75, 3.05) is 0 Å². The second kappa shape index (κ2) is 8.78. The van der Waals surface area contributed by atoms with Gasteiger partial charge in [0.15, 0.2) is 17.8 Å². The topological polar surface area (TPSA) is 66.8 Å². The number of carbonyl (C=O) groups excluding carboxylic acids is 1. The van der Waals surface area contributed by atoms with Gasteiger partial charge in [0.05, 0.1) is 18.8 Å². The number of halogens is 2. The summed E-state index contributed by atoms with van der Waals surface area (Å²) in [6.07, 6.45) is 0.531. The molecule has 0 spiro atoms. The number of benzene rings is 3. The largest absolute Gasteiger partial charge is 0.504 e. The highest BCUT2D eigenvalue weighted by molar-refractivity contribution is 9.10.